The molecule has 0 fully saturated rings. The van der Waals surface area contributed by atoms with Crippen molar-refractivity contribution >= 4 is 17.4 Å². The molecule has 1 aromatic rings. The summed E-state index contributed by atoms with van der Waals surface area (Å²) < 4.78 is 42.7. The number of alkyl halides is 3. The Morgan fingerprint density at radius 2 is 1.71 bits per heavy atom. The zero-order valence-corrected chi connectivity index (χ0v) is 12.1. The lowest BCUT2D eigenvalue weighted by Crippen LogP contribution is -2.30. The fraction of sp³-hybridized carbons (Fsp3) is 0.429. The number of anilines is 1. The smallest absolute Gasteiger partial charge is 0.454 e. The van der Waals surface area contributed by atoms with Gasteiger partial charge in [0.15, 0.2) is 0 Å². The summed E-state index contributed by atoms with van der Waals surface area (Å²) in [5.74, 6) is -2.44. The second-order valence-electron chi connectivity index (χ2n) is 5.44. The van der Waals surface area contributed by atoms with Crippen LogP contribution in [0.15, 0.2) is 18.2 Å². The maximum Gasteiger partial charge on any atom is 0.454 e. The van der Waals surface area contributed by atoms with Crippen molar-refractivity contribution in [1.29, 1.82) is 0 Å². The molecule has 1 amide bonds. The zero-order valence-electron chi connectivity index (χ0n) is 12.1. The van der Waals surface area contributed by atoms with Gasteiger partial charge in [-0.2, -0.15) is 13.2 Å². The molecule has 0 aromatic heterocycles. The number of methoxy groups -OCH3 is 1. The Morgan fingerprint density at radius 1 is 1.14 bits per heavy atom. The quantitative estimate of drug-likeness (QED) is 0.870. The molecule has 1 aromatic carbocycles. The van der Waals surface area contributed by atoms with E-state index in [1.165, 1.54) is 19.2 Å². The second-order valence-corrected chi connectivity index (χ2v) is 5.44. The van der Waals surface area contributed by atoms with Crippen molar-refractivity contribution in [2.24, 2.45) is 5.41 Å². The number of benzene rings is 1. The van der Waals surface area contributed by atoms with E-state index < -0.39 is 28.8 Å². The standard InChI is InChI=1S/C14H16F3NO3/c1-13(2,3)12(20)18-10-6-5-8(21-4)7-9(10)11(19)14(15,16)17/h5-7H,1-4H3,(H,18,20). The minimum Gasteiger partial charge on any atom is -0.497 e. The third-order valence-electron chi connectivity index (χ3n) is 2.66. The molecule has 21 heavy (non-hydrogen) atoms. The molecule has 0 heterocycles. The number of Topliss-reactive ketones (excluding diaryl/α,β-unsaturated/α-hetero) is 1. The first-order valence-electron chi connectivity index (χ1n) is 6.08. The topological polar surface area (TPSA) is 55.4 Å². The van der Waals surface area contributed by atoms with Crippen molar-refractivity contribution in [3.63, 3.8) is 0 Å². The molecule has 0 unspecified atom stereocenters. The average molecular weight is 303 g/mol. The summed E-state index contributed by atoms with van der Waals surface area (Å²) in [6, 6.07) is 3.53. The highest BCUT2D eigenvalue weighted by molar-refractivity contribution is 6.08. The van der Waals surface area contributed by atoms with Crippen molar-refractivity contribution in [2.45, 2.75) is 26.9 Å². The van der Waals surface area contributed by atoms with Gasteiger partial charge < -0.3 is 10.1 Å². The SMILES string of the molecule is COc1ccc(NC(=O)C(C)(C)C)c(C(=O)C(F)(F)F)c1. The Labute approximate surface area is 120 Å². The van der Waals surface area contributed by atoms with Crippen LogP contribution >= 0.6 is 0 Å². The number of carbonyl (C=O) groups is 2. The van der Waals surface area contributed by atoms with E-state index >= 15 is 0 Å². The Kier molecular flexibility index (Phi) is 4.65. The van der Waals surface area contributed by atoms with E-state index in [0.717, 1.165) is 6.07 Å². The van der Waals surface area contributed by atoms with Crippen LogP contribution in [0.4, 0.5) is 18.9 Å². The lowest BCUT2D eigenvalue weighted by molar-refractivity contribution is -0.123. The van der Waals surface area contributed by atoms with Gasteiger partial charge in [-0.15, -0.1) is 0 Å². The maximum atomic E-state index is 12.6. The van der Waals surface area contributed by atoms with E-state index in [2.05, 4.69) is 5.32 Å². The molecule has 0 saturated carbocycles. The normalized spacial score (nSPS) is 12.0. The Balaban J connectivity index is 3.27. The number of ketones is 1. The molecule has 1 N–H and O–H groups in total. The molecular weight excluding hydrogens is 287 g/mol. The number of amides is 1. The third kappa shape index (κ3) is 4.21. The van der Waals surface area contributed by atoms with E-state index in [1.807, 2.05) is 0 Å². The fourth-order valence-corrected chi connectivity index (χ4v) is 1.41. The van der Waals surface area contributed by atoms with Crippen molar-refractivity contribution in [1.82, 2.24) is 0 Å². The van der Waals surface area contributed by atoms with Crippen LogP contribution in [0.5, 0.6) is 5.75 Å². The first-order chi connectivity index (χ1) is 9.46. The molecule has 1 rings (SSSR count). The van der Waals surface area contributed by atoms with Gasteiger partial charge >= 0.3 is 6.18 Å². The van der Waals surface area contributed by atoms with Gasteiger partial charge in [0.05, 0.1) is 18.4 Å². The molecule has 4 nitrogen and oxygen atoms in total. The van der Waals surface area contributed by atoms with Gasteiger partial charge in [0, 0.05) is 5.41 Å². The van der Waals surface area contributed by atoms with Crippen LogP contribution in [0.3, 0.4) is 0 Å². The van der Waals surface area contributed by atoms with Gasteiger partial charge in [-0.25, -0.2) is 0 Å². The number of carbonyl (C=O) groups excluding carboxylic acids is 2. The number of hydrogen-bond acceptors (Lipinski definition) is 3. The van der Waals surface area contributed by atoms with E-state index in [0.29, 0.717) is 0 Å². The van der Waals surface area contributed by atoms with Crippen molar-refractivity contribution in [3.8, 4) is 5.75 Å². The lowest BCUT2D eigenvalue weighted by atomic mass is 9.95. The molecule has 0 bridgehead atoms. The summed E-state index contributed by atoms with van der Waals surface area (Å²) >= 11 is 0. The summed E-state index contributed by atoms with van der Waals surface area (Å²) in [7, 11) is 1.27. The number of ether oxygens (including phenoxy) is 1. The summed E-state index contributed by atoms with van der Waals surface area (Å²) in [5.41, 5.74) is -1.66. The summed E-state index contributed by atoms with van der Waals surface area (Å²) in [6.07, 6.45) is -5.03. The number of nitrogens with one attached hydrogen (secondary N) is 1. The Morgan fingerprint density at radius 3 is 2.14 bits per heavy atom. The minimum atomic E-state index is -5.03. The molecule has 0 saturated heterocycles. The molecule has 0 atom stereocenters. The van der Waals surface area contributed by atoms with Gasteiger partial charge in [0.25, 0.3) is 5.78 Å². The van der Waals surface area contributed by atoms with Crippen LogP contribution in [-0.2, 0) is 4.79 Å². The average Bonchev–Trinajstić information content (AvgIpc) is 2.36. The molecule has 0 radical (unpaired) electrons. The molecular formula is C14H16F3NO3. The lowest BCUT2D eigenvalue weighted by Gasteiger charge is -2.19. The zero-order chi connectivity index (χ0) is 16.4. The van der Waals surface area contributed by atoms with Crippen molar-refractivity contribution in [3.05, 3.63) is 23.8 Å². The summed E-state index contributed by atoms with van der Waals surface area (Å²) in [6.45, 7) is 4.82. The first-order valence-corrected chi connectivity index (χ1v) is 6.08. The predicted molar refractivity (Wildman–Crippen MR) is 71.5 cm³/mol. The van der Waals surface area contributed by atoms with Crippen LogP contribution < -0.4 is 10.1 Å². The molecule has 0 aliphatic heterocycles. The van der Waals surface area contributed by atoms with Gasteiger partial charge in [0.1, 0.15) is 5.75 Å². The van der Waals surface area contributed by atoms with Gasteiger partial charge in [0.2, 0.25) is 5.91 Å². The fourth-order valence-electron chi connectivity index (χ4n) is 1.41. The molecule has 0 spiro atoms. The van der Waals surface area contributed by atoms with Crippen LogP contribution in [0.25, 0.3) is 0 Å². The molecule has 116 valence electrons. The second kappa shape index (κ2) is 5.75. The number of rotatable bonds is 3. The number of hydrogen-bond donors (Lipinski definition) is 1. The van der Waals surface area contributed by atoms with Crippen LogP contribution in [0.1, 0.15) is 31.1 Å². The predicted octanol–water partition coefficient (Wildman–Crippen LogP) is 3.42. The van der Waals surface area contributed by atoms with Crippen LogP contribution in [-0.4, -0.2) is 25.0 Å². The monoisotopic (exact) mass is 303 g/mol. The van der Waals surface area contributed by atoms with E-state index in [9.17, 15) is 22.8 Å². The summed E-state index contributed by atoms with van der Waals surface area (Å²) in [4.78, 5) is 23.3. The third-order valence-corrected chi connectivity index (χ3v) is 2.66. The van der Waals surface area contributed by atoms with E-state index in [4.69, 9.17) is 4.74 Å². The molecule has 0 aliphatic rings. The maximum absolute atomic E-state index is 12.6. The largest absolute Gasteiger partial charge is 0.497 e. The highest BCUT2D eigenvalue weighted by Gasteiger charge is 2.41. The van der Waals surface area contributed by atoms with Gasteiger partial charge in [-0.05, 0) is 18.2 Å². The summed E-state index contributed by atoms with van der Waals surface area (Å²) in [5, 5.41) is 2.34. The molecule has 0 aliphatic carbocycles. The highest BCUT2D eigenvalue weighted by Crippen LogP contribution is 2.30. The highest BCUT2D eigenvalue weighted by atomic mass is 19.4. The minimum absolute atomic E-state index is 0.0938. The molecule has 7 heteroatoms. The van der Waals surface area contributed by atoms with Crippen LogP contribution in [0.2, 0.25) is 0 Å². The first kappa shape index (κ1) is 17.0. The van der Waals surface area contributed by atoms with Crippen LogP contribution in [0, 0.1) is 5.41 Å². The Bertz CT molecular complexity index is 560. The van der Waals surface area contributed by atoms with Crippen molar-refractivity contribution in [2.75, 3.05) is 12.4 Å². The Hall–Kier alpha value is -2.05. The van der Waals surface area contributed by atoms with Gasteiger partial charge in [-0.3, -0.25) is 9.59 Å². The van der Waals surface area contributed by atoms with Gasteiger partial charge in [-0.1, -0.05) is 20.8 Å². The number of halogens is 3. The van der Waals surface area contributed by atoms with E-state index in [1.54, 1.807) is 20.8 Å². The van der Waals surface area contributed by atoms with Crippen molar-refractivity contribution < 1.29 is 27.5 Å². The van der Waals surface area contributed by atoms with E-state index in [-0.39, 0.29) is 11.4 Å².